The predicted molar refractivity (Wildman–Crippen MR) is 77.5 cm³/mol. The summed E-state index contributed by atoms with van der Waals surface area (Å²) < 4.78 is 3.03. The van der Waals surface area contributed by atoms with Crippen molar-refractivity contribution in [1.82, 2.24) is 0 Å². The van der Waals surface area contributed by atoms with E-state index in [1.165, 1.54) is 6.34 Å². The summed E-state index contributed by atoms with van der Waals surface area (Å²) in [7, 11) is 0. The Balaban J connectivity index is 2.57. The lowest BCUT2D eigenvalue weighted by Crippen LogP contribution is -2.23. The molecule has 0 aliphatic carbocycles. The van der Waals surface area contributed by atoms with Crippen molar-refractivity contribution in [3.05, 3.63) is 39.7 Å². The second kappa shape index (κ2) is 5.00. The Morgan fingerprint density at radius 1 is 1.33 bits per heavy atom. The summed E-state index contributed by atoms with van der Waals surface area (Å²) in [6.45, 7) is 0. The van der Waals surface area contributed by atoms with Gasteiger partial charge in [-0.3, -0.25) is 0 Å². The fourth-order valence-electron chi connectivity index (χ4n) is 1.14. The van der Waals surface area contributed by atoms with Crippen LogP contribution in [0.3, 0.4) is 0 Å². The molecule has 74 valence electrons. The standard InChI is InChI=1S/C10H6I2N3/c11-8-4-5-13-7-14-10(8)9-3-1-2-6-15(9)12/h1-4,6-7H/q+1. The Labute approximate surface area is 115 Å². The second-order valence-corrected chi connectivity index (χ2v) is 4.94. The molecule has 0 radical (unpaired) electrons. The van der Waals surface area contributed by atoms with E-state index < -0.39 is 0 Å². The Morgan fingerprint density at radius 3 is 3.00 bits per heavy atom. The number of aromatic nitrogens is 1. The Kier molecular flexibility index (Phi) is 3.66. The van der Waals surface area contributed by atoms with Crippen LogP contribution >= 0.6 is 45.5 Å². The average Bonchev–Trinajstić information content (AvgIpc) is 2.44. The zero-order chi connectivity index (χ0) is 10.7. The summed E-state index contributed by atoms with van der Waals surface area (Å²) in [5, 5.41) is 0. The van der Waals surface area contributed by atoms with Crippen molar-refractivity contribution in [3.8, 4) is 0 Å². The molecule has 1 aliphatic rings. The molecule has 0 atom stereocenters. The number of rotatable bonds is 1. The molecule has 0 N–H and O–H groups in total. The molecule has 0 saturated heterocycles. The second-order valence-electron chi connectivity index (χ2n) is 2.74. The molecule has 0 saturated carbocycles. The predicted octanol–water partition coefficient (Wildman–Crippen LogP) is 2.54. The van der Waals surface area contributed by atoms with Crippen LogP contribution in [0, 0.1) is 0 Å². The number of hydrogen-bond donors (Lipinski definition) is 0. The van der Waals surface area contributed by atoms with Crippen LogP contribution in [0.2, 0.25) is 0 Å². The van der Waals surface area contributed by atoms with Crippen molar-refractivity contribution in [2.45, 2.75) is 0 Å². The fraction of sp³-hybridized carbons (Fsp3) is 0. The summed E-state index contributed by atoms with van der Waals surface area (Å²) >= 11 is 4.46. The van der Waals surface area contributed by atoms with Crippen molar-refractivity contribution >= 4 is 63.4 Å². The first-order chi connectivity index (χ1) is 7.29. The molecule has 1 aliphatic heterocycles. The average molecular weight is 422 g/mol. The van der Waals surface area contributed by atoms with Crippen LogP contribution in [0.1, 0.15) is 5.69 Å². The number of nitrogens with zero attached hydrogens (tertiary/aromatic N) is 3. The molecule has 2 heterocycles. The van der Waals surface area contributed by atoms with Crippen LogP contribution in [0.5, 0.6) is 0 Å². The Morgan fingerprint density at radius 2 is 2.20 bits per heavy atom. The fourth-order valence-corrected chi connectivity index (χ4v) is 2.27. The highest BCUT2D eigenvalue weighted by Gasteiger charge is 2.15. The molecule has 1 aromatic rings. The first-order valence-electron chi connectivity index (χ1n) is 4.17. The summed E-state index contributed by atoms with van der Waals surface area (Å²) in [5.74, 6) is 2.79. The van der Waals surface area contributed by atoms with Crippen LogP contribution < -0.4 is 2.78 Å². The maximum absolute atomic E-state index is 4.30. The minimum Gasteiger partial charge on any atom is -0.228 e. The van der Waals surface area contributed by atoms with Gasteiger partial charge in [-0.05, 0) is 34.5 Å². The number of aliphatic imine (C=N–C) groups is 2. The van der Waals surface area contributed by atoms with E-state index in [1.54, 1.807) is 0 Å². The van der Waals surface area contributed by atoms with Crippen LogP contribution in [0.15, 0.2) is 44.0 Å². The third kappa shape index (κ3) is 2.53. The number of allylic oxidation sites excluding steroid dienone is 2. The van der Waals surface area contributed by atoms with Crippen LogP contribution in [0.25, 0.3) is 5.70 Å². The van der Waals surface area contributed by atoms with Gasteiger partial charge in [-0.1, -0.05) is 0 Å². The van der Waals surface area contributed by atoms with E-state index in [2.05, 4.69) is 61.3 Å². The van der Waals surface area contributed by atoms with Crippen LogP contribution in [-0.4, -0.2) is 12.2 Å². The van der Waals surface area contributed by atoms with Gasteiger partial charge in [-0.25, -0.2) is 4.99 Å². The van der Waals surface area contributed by atoms with Crippen molar-refractivity contribution in [2.75, 3.05) is 0 Å². The van der Waals surface area contributed by atoms with Gasteiger partial charge in [-0.15, -0.1) is 2.78 Å². The van der Waals surface area contributed by atoms with Crippen LogP contribution in [-0.2, 0) is 0 Å². The first-order valence-corrected chi connectivity index (χ1v) is 6.21. The summed E-state index contributed by atoms with van der Waals surface area (Å²) in [5.41, 5.74) is 1.97. The van der Waals surface area contributed by atoms with Gasteiger partial charge < -0.3 is 0 Å². The molecular formula is C10H6I2N3+. The van der Waals surface area contributed by atoms with E-state index in [0.29, 0.717) is 0 Å². The van der Waals surface area contributed by atoms with Gasteiger partial charge in [0, 0.05) is 18.2 Å². The van der Waals surface area contributed by atoms with Crippen molar-refractivity contribution in [1.29, 1.82) is 0 Å². The molecule has 2 rings (SSSR count). The summed E-state index contributed by atoms with van der Waals surface area (Å²) in [6.07, 6.45) is 5.32. The zero-order valence-corrected chi connectivity index (χ0v) is 11.9. The number of hydrogen-bond acceptors (Lipinski definition) is 2. The molecule has 3 nitrogen and oxygen atoms in total. The molecular weight excluding hydrogens is 416 g/mol. The van der Waals surface area contributed by atoms with Gasteiger partial charge >= 0.3 is 22.9 Å². The van der Waals surface area contributed by atoms with Gasteiger partial charge in [-0.2, -0.15) is 4.99 Å². The lowest BCUT2D eigenvalue weighted by molar-refractivity contribution is -0.443. The van der Waals surface area contributed by atoms with Gasteiger partial charge in [0.2, 0.25) is 5.69 Å². The highest BCUT2D eigenvalue weighted by molar-refractivity contribution is 14.1. The summed E-state index contributed by atoms with van der Waals surface area (Å²) in [6, 6.07) is 6.00. The molecule has 1 aromatic heterocycles. The lowest BCUT2D eigenvalue weighted by atomic mass is 10.2. The van der Waals surface area contributed by atoms with Gasteiger partial charge in [0.05, 0.1) is 3.58 Å². The van der Waals surface area contributed by atoms with E-state index >= 15 is 0 Å². The van der Waals surface area contributed by atoms with Crippen LogP contribution in [0.4, 0.5) is 0 Å². The number of pyridine rings is 1. The highest BCUT2D eigenvalue weighted by atomic mass is 127. The van der Waals surface area contributed by atoms with Crippen molar-refractivity contribution < 1.29 is 2.78 Å². The lowest BCUT2D eigenvalue weighted by Gasteiger charge is -1.98. The third-order valence-corrected chi connectivity index (χ3v) is 3.46. The molecule has 0 spiro atoms. The molecule has 5 heteroatoms. The van der Waals surface area contributed by atoms with E-state index in [4.69, 9.17) is 0 Å². The minimum absolute atomic E-state index is 0.916. The SMILES string of the molecule is IC1=C(c2cccc[n+]2I)N=CN=C=C1. The summed E-state index contributed by atoms with van der Waals surface area (Å²) in [4.78, 5) is 8.17. The third-order valence-electron chi connectivity index (χ3n) is 1.79. The maximum atomic E-state index is 4.30. The quantitative estimate of drug-likeness (QED) is 0.623. The molecule has 0 aromatic carbocycles. The van der Waals surface area contributed by atoms with E-state index in [1.807, 2.05) is 33.3 Å². The topological polar surface area (TPSA) is 28.6 Å². The van der Waals surface area contributed by atoms with E-state index in [9.17, 15) is 0 Å². The van der Waals surface area contributed by atoms with Gasteiger partial charge in [0.1, 0.15) is 6.34 Å². The smallest absolute Gasteiger partial charge is 0.228 e. The van der Waals surface area contributed by atoms with Gasteiger partial charge in [0.25, 0.3) is 0 Å². The molecule has 0 amide bonds. The molecule has 0 fully saturated rings. The maximum Gasteiger partial charge on any atom is 0.354 e. The monoisotopic (exact) mass is 422 g/mol. The highest BCUT2D eigenvalue weighted by Crippen LogP contribution is 2.23. The zero-order valence-electron chi connectivity index (χ0n) is 7.56. The Bertz CT molecular complexity index is 511. The molecule has 15 heavy (non-hydrogen) atoms. The normalized spacial score (nSPS) is 14.5. The van der Waals surface area contributed by atoms with Crippen molar-refractivity contribution in [2.24, 2.45) is 9.98 Å². The van der Waals surface area contributed by atoms with E-state index in [-0.39, 0.29) is 0 Å². The molecule has 0 unspecified atom stereocenters. The Hall–Kier alpha value is -0.530. The minimum atomic E-state index is 0.916. The van der Waals surface area contributed by atoms with Gasteiger partial charge in [0.15, 0.2) is 11.9 Å². The largest absolute Gasteiger partial charge is 0.354 e. The van der Waals surface area contributed by atoms with Crippen molar-refractivity contribution in [3.63, 3.8) is 0 Å². The number of halogens is 2. The first kappa shape index (κ1) is 11.0. The molecule has 0 bridgehead atoms. The van der Waals surface area contributed by atoms with E-state index in [0.717, 1.165) is 15.0 Å².